The Kier molecular flexibility index (Phi) is 9.09. The molecule has 1 N–H and O–H groups in total. The maximum absolute atomic E-state index is 14.0. The van der Waals surface area contributed by atoms with E-state index in [-0.39, 0.29) is 42.1 Å². The number of rotatable bonds is 7. The number of alkyl halides is 6. The summed E-state index contributed by atoms with van der Waals surface area (Å²) < 4.78 is 87.4. The number of carbonyl (C=O) groups is 2. The summed E-state index contributed by atoms with van der Waals surface area (Å²) in [6.07, 6.45) is -7.40. The number of benzene rings is 2. The van der Waals surface area contributed by atoms with Crippen molar-refractivity contribution in [2.75, 3.05) is 27.2 Å². The van der Waals surface area contributed by atoms with Gasteiger partial charge < -0.3 is 19.6 Å². The Labute approximate surface area is 244 Å². The summed E-state index contributed by atoms with van der Waals surface area (Å²) in [7, 11) is 3.25. The van der Waals surface area contributed by atoms with Gasteiger partial charge in [0.05, 0.1) is 22.3 Å². The third kappa shape index (κ3) is 6.64. The number of halogens is 7. The van der Waals surface area contributed by atoms with Crippen molar-refractivity contribution in [3.8, 4) is 5.75 Å². The van der Waals surface area contributed by atoms with Crippen LogP contribution in [0.2, 0.25) is 5.02 Å². The maximum atomic E-state index is 14.0. The smallest absolute Gasteiger partial charge is 0.430 e. The molecule has 4 rings (SSSR count). The highest BCUT2D eigenvalue weighted by Gasteiger charge is 2.62. The first-order valence-corrected chi connectivity index (χ1v) is 13.8. The lowest BCUT2D eigenvalue weighted by molar-refractivity contribution is -0.262. The quantitative estimate of drug-likeness (QED) is 0.369. The van der Waals surface area contributed by atoms with Crippen LogP contribution < -0.4 is 4.74 Å². The van der Waals surface area contributed by atoms with E-state index in [0.29, 0.717) is 42.2 Å². The van der Waals surface area contributed by atoms with Crippen LogP contribution in [-0.4, -0.2) is 66.2 Å². The van der Waals surface area contributed by atoms with Crippen LogP contribution >= 0.6 is 11.6 Å². The summed E-state index contributed by atoms with van der Waals surface area (Å²) in [6.45, 7) is -0.103. The Morgan fingerprint density at radius 1 is 0.976 bits per heavy atom. The standard InChI is InChI=1S/C29H31ClF6N2O4/c1-37(2)25(39)23-7-6-21(16-24(23)30)42-22-13-18(14-22)12-17-8-10-38(11-9-17)26(40)27(41,29(34,35)36)19-4-3-5-20(15-19)28(31,32)33/h3-7,15-18,22,41H,8-14H2,1-2H3/t18-,22+,27-/m1/s1. The predicted octanol–water partition coefficient (Wildman–Crippen LogP) is 6.30. The lowest BCUT2D eigenvalue weighted by Crippen LogP contribution is -2.57. The van der Waals surface area contributed by atoms with Crippen molar-refractivity contribution in [1.29, 1.82) is 0 Å². The van der Waals surface area contributed by atoms with Gasteiger partial charge in [0.1, 0.15) is 5.75 Å². The van der Waals surface area contributed by atoms with Gasteiger partial charge in [0.25, 0.3) is 17.4 Å². The maximum Gasteiger partial charge on any atom is 0.430 e. The molecule has 1 heterocycles. The molecule has 230 valence electrons. The third-order valence-electron chi connectivity index (χ3n) is 7.97. The largest absolute Gasteiger partial charge is 0.490 e. The Morgan fingerprint density at radius 3 is 2.14 bits per heavy atom. The number of ether oxygens (including phenoxy) is 1. The highest BCUT2D eigenvalue weighted by molar-refractivity contribution is 6.34. The fourth-order valence-corrected chi connectivity index (χ4v) is 5.79. The molecule has 2 aromatic carbocycles. The fraction of sp³-hybridized carbons (Fsp3) is 0.517. The summed E-state index contributed by atoms with van der Waals surface area (Å²) >= 11 is 6.24. The SMILES string of the molecule is CN(C)C(=O)c1ccc(O[C@H]2C[C@@H](CC3CCN(C(=O)[C@](O)(c4cccc(C(F)(F)F)c4)C(F)(F)F)CC3)C2)cc1Cl. The second-order valence-corrected chi connectivity index (χ2v) is 11.6. The molecule has 1 saturated heterocycles. The second kappa shape index (κ2) is 11.9. The monoisotopic (exact) mass is 620 g/mol. The Bertz CT molecular complexity index is 1300. The third-order valence-corrected chi connectivity index (χ3v) is 8.28. The molecule has 2 aromatic rings. The van der Waals surface area contributed by atoms with E-state index in [9.17, 15) is 41.0 Å². The Hall–Kier alpha value is -2.99. The second-order valence-electron chi connectivity index (χ2n) is 11.2. The molecule has 2 aliphatic rings. The molecule has 2 amide bonds. The average molecular weight is 621 g/mol. The van der Waals surface area contributed by atoms with Crippen molar-refractivity contribution in [2.45, 2.75) is 56.2 Å². The van der Waals surface area contributed by atoms with Gasteiger partial charge in [-0.05, 0) is 74.3 Å². The average Bonchev–Trinajstić information content (AvgIpc) is 2.90. The first-order chi connectivity index (χ1) is 19.5. The summed E-state index contributed by atoms with van der Waals surface area (Å²) in [5.74, 6) is -0.894. The van der Waals surface area contributed by atoms with Crippen LogP contribution in [0.1, 0.15) is 53.6 Å². The molecule has 1 atom stereocenters. The highest BCUT2D eigenvalue weighted by atomic mass is 35.5. The van der Waals surface area contributed by atoms with Gasteiger partial charge in [0, 0.05) is 32.7 Å². The van der Waals surface area contributed by atoms with E-state index in [1.807, 2.05) is 0 Å². The molecular weight excluding hydrogens is 590 g/mol. The highest BCUT2D eigenvalue weighted by Crippen LogP contribution is 2.44. The van der Waals surface area contributed by atoms with E-state index in [4.69, 9.17) is 16.3 Å². The van der Waals surface area contributed by atoms with E-state index < -0.39 is 35.0 Å². The minimum Gasteiger partial charge on any atom is -0.490 e. The van der Waals surface area contributed by atoms with Crippen molar-refractivity contribution in [3.63, 3.8) is 0 Å². The van der Waals surface area contributed by atoms with Crippen LogP contribution in [0.4, 0.5) is 26.3 Å². The lowest BCUT2D eigenvalue weighted by Gasteiger charge is -2.41. The van der Waals surface area contributed by atoms with Crippen LogP contribution in [0, 0.1) is 11.8 Å². The van der Waals surface area contributed by atoms with Gasteiger partial charge in [0.15, 0.2) is 0 Å². The molecule has 1 aliphatic carbocycles. The molecular formula is C29H31ClF6N2O4. The molecule has 0 radical (unpaired) electrons. The number of carbonyl (C=O) groups excluding carboxylic acids is 2. The predicted molar refractivity (Wildman–Crippen MR) is 142 cm³/mol. The molecule has 1 saturated carbocycles. The van der Waals surface area contributed by atoms with Gasteiger partial charge in [-0.1, -0.05) is 23.7 Å². The fourth-order valence-electron chi connectivity index (χ4n) is 5.54. The van der Waals surface area contributed by atoms with E-state index in [0.717, 1.165) is 30.2 Å². The van der Waals surface area contributed by atoms with Gasteiger partial charge in [-0.15, -0.1) is 0 Å². The van der Waals surface area contributed by atoms with Gasteiger partial charge in [-0.25, -0.2) is 0 Å². The molecule has 1 aliphatic heterocycles. The summed E-state index contributed by atoms with van der Waals surface area (Å²) in [6, 6.07) is 7.04. The number of amides is 2. The summed E-state index contributed by atoms with van der Waals surface area (Å²) in [4.78, 5) is 27.4. The zero-order chi connectivity index (χ0) is 31.0. The number of piperidine rings is 1. The Morgan fingerprint density at radius 2 is 1.60 bits per heavy atom. The molecule has 6 nitrogen and oxygen atoms in total. The van der Waals surface area contributed by atoms with Crippen LogP contribution in [0.15, 0.2) is 42.5 Å². The van der Waals surface area contributed by atoms with Crippen LogP contribution in [0.3, 0.4) is 0 Å². The van der Waals surface area contributed by atoms with Crippen molar-refractivity contribution < 1.29 is 45.8 Å². The van der Waals surface area contributed by atoms with Gasteiger partial charge in [0.2, 0.25) is 0 Å². The van der Waals surface area contributed by atoms with E-state index >= 15 is 0 Å². The molecule has 13 heteroatoms. The summed E-state index contributed by atoms with van der Waals surface area (Å²) in [5, 5.41) is 10.9. The number of aliphatic hydroxyl groups is 1. The molecule has 0 spiro atoms. The number of nitrogens with zero attached hydrogens (tertiary/aromatic N) is 2. The number of hydrogen-bond acceptors (Lipinski definition) is 4. The van der Waals surface area contributed by atoms with Crippen molar-refractivity contribution >= 4 is 23.4 Å². The summed E-state index contributed by atoms with van der Waals surface area (Å²) in [5.41, 5.74) is -6.29. The van der Waals surface area contributed by atoms with Gasteiger partial charge >= 0.3 is 12.4 Å². The normalized spacial score (nSPS) is 21.3. The first-order valence-electron chi connectivity index (χ1n) is 13.4. The Balaban J connectivity index is 1.30. The van der Waals surface area contributed by atoms with Crippen LogP contribution in [0.5, 0.6) is 5.75 Å². The zero-order valence-corrected chi connectivity index (χ0v) is 23.7. The minimum absolute atomic E-state index is 0.0441. The number of likely N-dealkylation sites (tertiary alicyclic amines) is 1. The minimum atomic E-state index is -5.53. The molecule has 0 aromatic heterocycles. The van der Waals surface area contributed by atoms with Crippen molar-refractivity contribution in [3.05, 3.63) is 64.2 Å². The molecule has 42 heavy (non-hydrogen) atoms. The van der Waals surface area contributed by atoms with Crippen molar-refractivity contribution in [1.82, 2.24) is 9.80 Å². The van der Waals surface area contributed by atoms with Gasteiger partial charge in [-0.3, -0.25) is 9.59 Å². The van der Waals surface area contributed by atoms with E-state index in [1.165, 1.54) is 4.90 Å². The van der Waals surface area contributed by atoms with Crippen LogP contribution in [0.25, 0.3) is 0 Å². The van der Waals surface area contributed by atoms with E-state index in [1.54, 1.807) is 32.3 Å². The topological polar surface area (TPSA) is 70.1 Å². The molecule has 0 bridgehead atoms. The van der Waals surface area contributed by atoms with E-state index in [2.05, 4.69) is 0 Å². The lowest BCUT2D eigenvalue weighted by atomic mass is 9.74. The zero-order valence-electron chi connectivity index (χ0n) is 22.9. The molecule has 0 unspecified atom stereocenters. The molecule has 2 fully saturated rings. The first kappa shape index (κ1) is 31.9. The van der Waals surface area contributed by atoms with Crippen LogP contribution in [-0.2, 0) is 16.6 Å². The van der Waals surface area contributed by atoms with Gasteiger partial charge in [-0.2, -0.15) is 26.3 Å². The number of hydrogen-bond donors (Lipinski definition) is 1. The van der Waals surface area contributed by atoms with Crippen molar-refractivity contribution in [2.24, 2.45) is 11.8 Å².